The van der Waals surface area contributed by atoms with Gasteiger partial charge in [-0.15, -0.1) is 0 Å². The summed E-state index contributed by atoms with van der Waals surface area (Å²) in [7, 11) is -3.32. The van der Waals surface area contributed by atoms with Crippen LogP contribution in [0.4, 0.5) is 20.6 Å². The first-order chi connectivity index (χ1) is 20.8. The lowest BCUT2D eigenvalue weighted by Gasteiger charge is -2.31. The van der Waals surface area contributed by atoms with E-state index in [4.69, 9.17) is 0 Å². The van der Waals surface area contributed by atoms with E-state index in [-0.39, 0.29) is 27.4 Å². The van der Waals surface area contributed by atoms with Crippen LogP contribution in [-0.4, -0.2) is 72.2 Å². The van der Waals surface area contributed by atoms with Crippen LogP contribution in [0, 0.1) is 15.9 Å². The maximum absolute atomic E-state index is 15.1. The first-order valence-corrected chi connectivity index (χ1v) is 14.4. The molecule has 4 rings (SSSR count). The lowest BCUT2D eigenvalue weighted by atomic mass is 10.0. The predicted octanol–water partition coefficient (Wildman–Crippen LogP) is 2.91. The van der Waals surface area contributed by atoms with Crippen molar-refractivity contribution in [2.75, 3.05) is 19.0 Å². The van der Waals surface area contributed by atoms with Crippen LogP contribution in [0.1, 0.15) is 28.4 Å². The van der Waals surface area contributed by atoms with Crippen LogP contribution >= 0.6 is 0 Å². The molecule has 0 bridgehead atoms. The third kappa shape index (κ3) is 6.49. The molecule has 3 unspecified atom stereocenters. The van der Waals surface area contributed by atoms with Crippen LogP contribution in [0.2, 0.25) is 0 Å². The molecule has 1 aliphatic rings. The predicted molar refractivity (Wildman–Crippen MR) is 151 cm³/mol. The minimum atomic E-state index is -4.50. The summed E-state index contributed by atoms with van der Waals surface area (Å²) in [5, 5.41) is 24.0. The minimum absolute atomic E-state index is 0.135. The number of sulfone groups is 1. The highest BCUT2D eigenvalue weighted by molar-refractivity contribution is 7.92. The van der Waals surface area contributed by atoms with Gasteiger partial charge in [0.25, 0.3) is 5.69 Å². The second kappa shape index (κ2) is 12.9. The molecule has 1 fully saturated rings. The Bertz CT molecular complexity index is 1730. The number of ether oxygens (including phenoxy) is 1. The molecule has 0 aliphatic carbocycles. The molecular weight excluding hydrogens is 603 g/mol. The van der Waals surface area contributed by atoms with Crippen LogP contribution in [-0.2, 0) is 24.2 Å². The van der Waals surface area contributed by atoms with Crippen LogP contribution < -0.4 is 10.6 Å². The summed E-state index contributed by atoms with van der Waals surface area (Å²) in [6, 6.07) is 10.2. The number of rotatable bonds is 9. The number of likely N-dealkylation sites (tertiary alicyclic amines) is 1. The van der Waals surface area contributed by atoms with Crippen molar-refractivity contribution in [3.63, 3.8) is 0 Å². The number of urea groups is 1. The van der Waals surface area contributed by atoms with E-state index >= 15 is 4.39 Å². The van der Waals surface area contributed by atoms with E-state index in [0.717, 1.165) is 30.3 Å². The van der Waals surface area contributed by atoms with Gasteiger partial charge < -0.3 is 25.4 Å². The van der Waals surface area contributed by atoms with E-state index in [2.05, 4.69) is 15.4 Å². The summed E-state index contributed by atoms with van der Waals surface area (Å²) < 4.78 is 47.3. The van der Waals surface area contributed by atoms with Crippen LogP contribution in [0.3, 0.4) is 0 Å². The molecule has 1 heterocycles. The van der Waals surface area contributed by atoms with Gasteiger partial charge in [0.1, 0.15) is 11.9 Å². The highest BCUT2D eigenvalue weighted by Gasteiger charge is 2.53. The maximum Gasteiger partial charge on any atom is 0.337 e. The van der Waals surface area contributed by atoms with Gasteiger partial charge in [-0.25, -0.2) is 27.2 Å². The fourth-order valence-corrected chi connectivity index (χ4v) is 6.86. The van der Waals surface area contributed by atoms with Crippen LogP contribution in [0.15, 0.2) is 77.7 Å². The van der Waals surface area contributed by atoms with Gasteiger partial charge in [-0.3, -0.25) is 14.9 Å². The van der Waals surface area contributed by atoms with Gasteiger partial charge in [0.05, 0.1) is 40.3 Å². The number of amides is 3. The minimum Gasteiger partial charge on any atom is -0.480 e. The van der Waals surface area contributed by atoms with E-state index in [1.165, 1.54) is 49.6 Å². The maximum atomic E-state index is 15.1. The first kappa shape index (κ1) is 31.6. The zero-order valence-corrected chi connectivity index (χ0v) is 23.7. The number of halogens is 1. The van der Waals surface area contributed by atoms with Gasteiger partial charge in [0.2, 0.25) is 5.91 Å². The third-order valence-corrected chi connectivity index (χ3v) is 9.13. The number of carbonyl (C=O) groups is 4. The molecule has 16 heteroatoms. The molecule has 3 atom stereocenters. The monoisotopic (exact) mass is 628 g/mol. The zero-order chi connectivity index (χ0) is 32.2. The number of hydrogen-bond acceptors (Lipinski definition) is 9. The van der Waals surface area contributed by atoms with Crippen molar-refractivity contribution in [3.8, 4) is 0 Å². The Hall–Kier alpha value is -5.38. The number of non-ortho nitro benzene ring substituents is 1. The standard InChI is InChI=1S/C28H25FN4O10S/c1-43-27(37)16-5-4-6-17(13-16)31-28(38)30-15-24(34)32-22(26(35)36)14-23(25(32)20-7-2-3-8-21(20)29)44(41,42)19-11-9-18(10-12-19)33(39)40/h2-13,22-23,25H,14-15H2,1H3,(H,35,36)(H2,30,31,38). The Morgan fingerprint density at radius 1 is 1.07 bits per heavy atom. The largest absolute Gasteiger partial charge is 0.480 e. The van der Waals surface area contributed by atoms with Crippen molar-refractivity contribution in [2.24, 2.45) is 0 Å². The second-order valence-corrected chi connectivity index (χ2v) is 11.7. The summed E-state index contributed by atoms with van der Waals surface area (Å²) in [6.07, 6.45) is -0.633. The highest BCUT2D eigenvalue weighted by Crippen LogP contribution is 2.43. The molecular formula is C28H25FN4O10S. The Morgan fingerprint density at radius 2 is 1.75 bits per heavy atom. The highest BCUT2D eigenvalue weighted by atomic mass is 32.2. The number of nitrogens with one attached hydrogen (secondary N) is 2. The lowest BCUT2D eigenvalue weighted by molar-refractivity contribution is -0.384. The van der Waals surface area contributed by atoms with E-state index in [1.807, 2.05) is 0 Å². The number of nitrogens with zero attached hydrogens (tertiary/aromatic N) is 2. The van der Waals surface area contributed by atoms with E-state index < -0.39 is 74.8 Å². The van der Waals surface area contributed by atoms with Gasteiger partial charge in [0, 0.05) is 23.4 Å². The number of methoxy groups -OCH3 is 1. The van der Waals surface area contributed by atoms with E-state index in [1.54, 1.807) is 0 Å². The van der Waals surface area contributed by atoms with Gasteiger partial charge in [-0.1, -0.05) is 24.3 Å². The molecule has 0 saturated carbocycles. The van der Waals surface area contributed by atoms with Gasteiger partial charge in [-0.05, 0) is 42.8 Å². The fraction of sp³-hybridized carbons (Fsp3) is 0.214. The number of carbonyl (C=O) groups excluding carboxylic acids is 3. The quantitative estimate of drug-likeness (QED) is 0.180. The van der Waals surface area contributed by atoms with Gasteiger partial charge in [0.15, 0.2) is 9.84 Å². The van der Waals surface area contributed by atoms with Gasteiger partial charge >= 0.3 is 18.0 Å². The van der Waals surface area contributed by atoms with Crippen molar-refractivity contribution in [1.29, 1.82) is 0 Å². The summed E-state index contributed by atoms with van der Waals surface area (Å²) in [4.78, 5) is 60.8. The van der Waals surface area contributed by atoms with Crippen LogP contribution in [0.25, 0.3) is 0 Å². The average molecular weight is 629 g/mol. The van der Waals surface area contributed by atoms with Crippen LogP contribution in [0.5, 0.6) is 0 Å². The first-order valence-electron chi connectivity index (χ1n) is 12.8. The normalized spacial score (nSPS) is 17.9. The zero-order valence-electron chi connectivity index (χ0n) is 22.9. The fourth-order valence-electron chi connectivity index (χ4n) is 4.94. The molecule has 14 nitrogen and oxygen atoms in total. The topological polar surface area (TPSA) is 202 Å². The molecule has 44 heavy (non-hydrogen) atoms. The van der Waals surface area contributed by atoms with Crippen molar-refractivity contribution in [3.05, 3.63) is 99.9 Å². The number of esters is 1. The van der Waals surface area contributed by atoms with Gasteiger partial charge in [-0.2, -0.15) is 0 Å². The Kier molecular flexibility index (Phi) is 9.23. The molecule has 3 N–H and O–H groups in total. The molecule has 3 aromatic carbocycles. The number of hydrogen-bond donors (Lipinski definition) is 3. The lowest BCUT2D eigenvalue weighted by Crippen LogP contribution is -2.47. The number of carboxylic acids is 1. The number of aliphatic carboxylic acids is 1. The Balaban J connectivity index is 1.64. The summed E-state index contributed by atoms with van der Waals surface area (Å²) in [5.74, 6) is -4.15. The SMILES string of the molecule is COC(=O)c1cccc(NC(=O)NCC(=O)N2C(C(=O)O)CC(S(=O)(=O)c3ccc([N+](=O)[O-])cc3)C2c2ccccc2F)c1. The average Bonchev–Trinajstić information content (AvgIpc) is 3.42. The van der Waals surface area contributed by atoms with Crippen molar-refractivity contribution in [1.82, 2.24) is 10.2 Å². The summed E-state index contributed by atoms with van der Waals surface area (Å²) in [5.41, 5.74) is -0.358. The Labute approximate surface area is 249 Å². The molecule has 0 radical (unpaired) electrons. The molecule has 0 spiro atoms. The number of nitro benzene ring substituents is 1. The smallest absolute Gasteiger partial charge is 0.337 e. The van der Waals surface area contributed by atoms with E-state index in [9.17, 15) is 42.8 Å². The summed E-state index contributed by atoms with van der Waals surface area (Å²) in [6.45, 7) is -0.804. The van der Waals surface area contributed by atoms with Crippen molar-refractivity contribution in [2.45, 2.75) is 28.6 Å². The molecule has 0 aromatic heterocycles. The molecule has 3 amide bonds. The van der Waals surface area contributed by atoms with Crippen molar-refractivity contribution >= 4 is 45.1 Å². The molecule has 3 aromatic rings. The summed E-state index contributed by atoms with van der Waals surface area (Å²) >= 11 is 0. The number of nitro groups is 1. The van der Waals surface area contributed by atoms with E-state index in [0.29, 0.717) is 4.90 Å². The molecule has 1 saturated heterocycles. The number of benzene rings is 3. The molecule has 230 valence electrons. The third-order valence-electron chi connectivity index (χ3n) is 6.96. The number of carboxylic acid groups (broad SMARTS) is 1. The molecule has 1 aliphatic heterocycles. The second-order valence-electron chi connectivity index (χ2n) is 9.57. The van der Waals surface area contributed by atoms with Crippen molar-refractivity contribution < 1.29 is 46.8 Å². The number of anilines is 1. The Morgan fingerprint density at radius 3 is 2.36 bits per heavy atom.